The zero-order valence-corrected chi connectivity index (χ0v) is 12.9. The molecule has 0 aliphatic heterocycles. The highest BCUT2D eigenvalue weighted by Gasteiger charge is 2.25. The van der Waals surface area contributed by atoms with Crippen LogP contribution in [0.15, 0.2) is 0 Å². The second-order valence-corrected chi connectivity index (χ2v) is 7.03. The first-order valence-corrected chi connectivity index (χ1v) is 8.15. The van der Waals surface area contributed by atoms with Crippen molar-refractivity contribution in [2.75, 3.05) is 6.54 Å². The minimum atomic E-state index is 0.452. The molecule has 0 spiro atoms. The van der Waals surface area contributed by atoms with Gasteiger partial charge in [0.2, 0.25) is 0 Å². The van der Waals surface area contributed by atoms with E-state index in [4.69, 9.17) is 4.98 Å². The lowest BCUT2D eigenvalue weighted by atomic mass is 9.92. The summed E-state index contributed by atoms with van der Waals surface area (Å²) in [5, 5.41) is 4.97. The lowest BCUT2D eigenvalue weighted by Crippen LogP contribution is -2.27. The van der Waals surface area contributed by atoms with Crippen molar-refractivity contribution in [3.8, 4) is 0 Å². The van der Waals surface area contributed by atoms with Gasteiger partial charge < -0.3 is 5.32 Å². The topological polar surface area (TPSA) is 24.9 Å². The van der Waals surface area contributed by atoms with Crippen molar-refractivity contribution in [2.24, 2.45) is 11.8 Å². The number of aromatic nitrogens is 1. The van der Waals surface area contributed by atoms with E-state index in [1.54, 1.807) is 4.88 Å². The van der Waals surface area contributed by atoms with Crippen molar-refractivity contribution < 1.29 is 0 Å². The first-order valence-electron chi connectivity index (χ1n) is 7.33. The van der Waals surface area contributed by atoms with Crippen LogP contribution in [0.3, 0.4) is 0 Å². The molecule has 0 saturated heterocycles. The van der Waals surface area contributed by atoms with E-state index in [1.807, 2.05) is 11.3 Å². The maximum absolute atomic E-state index is 4.89. The number of aryl methyl sites for hydroxylation is 2. The summed E-state index contributed by atoms with van der Waals surface area (Å²) >= 11 is 1.95. The van der Waals surface area contributed by atoms with Crippen molar-refractivity contribution >= 4 is 11.3 Å². The highest BCUT2D eigenvalue weighted by Crippen LogP contribution is 2.34. The molecule has 0 amide bonds. The molecular weight excluding hydrogens is 240 g/mol. The number of nitrogens with zero attached hydrogens (tertiary/aromatic N) is 1. The average molecular weight is 266 g/mol. The summed E-state index contributed by atoms with van der Waals surface area (Å²) in [5.74, 6) is 1.42. The fourth-order valence-electron chi connectivity index (χ4n) is 2.97. The second kappa shape index (κ2) is 6.16. The molecule has 0 radical (unpaired) electrons. The van der Waals surface area contributed by atoms with Gasteiger partial charge in [0.25, 0.3) is 0 Å². The third-order valence-electron chi connectivity index (χ3n) is 3.71. The quantitative estimate of drug-likeness (QED) is 0.843. The summed E-state index contributed by atoms with van der Waals surface area (Å²) in [6, 6.07) is 0.452. The smallest absolute Gasteiger partial charge is 0.110 e. The van der Waals surface area contributed by atoms with Gasteiger partial charge in [0, 0.05) is 4.88 Å². The normalized spacial score (nSPS) is 18.1. The van der Waals surface area contributed by atoms with Crippen LogP contribution in [-0.4, -0.2) is 11.5 Å². The van der Waals surface area contributed by atoms with Gasteiger partial charge in [-0.3, -0.25) is 0 Å². The predicted molar refractivity (Wildman–Crippen MR) is 79.2 cm³/mol. The van der Waals surface area contributed by atoms with Crippen molar-refractivity contribution in [3.63, 3.8) is 0 Å². The Morgan fingerprint density at radius 3 is 2.67 bits per heavy atom. The molecule has 1 heterocycles. The van der Waals surface area contributed by atoms with Gasteiger partial charge in [0.05, 0.1) is 11.7 Å². The third-order valence-corrected chi connectivity index (χ3v) is 4.96. The Bertz CT molecular complexity index is 362. The van der Waals surface area contributed by atoms with Gasteiger partial charge in [0.15, 0.2) is 0 Å². The maximum Gasteiger partial charge on any atom is 0.110 e. The van der Waals surface area contributed by atoms with Gasteiger partial charge in [-0.05, 0) is 44.1 Å². The second-order valence-electron chi connectivity index (χ2n) is 5.92. The molecule has 2 nitrogen and oxygen atoms in total. The number of hydrogen-bond donors (Lipinski definition) is 1. The van der Waals surface area contributed by atoms with E-state index in [1.165, 1.54) is 36.4 Å². The monoisotopic (exact) mass is 266 g/mol. The molecule has 0 saturated carbocycles. The van der Waals surface area contributed by atoms with Gasteiger partial charge in [-0.2, -0.15) is 0 Å². The molecule has 1 aliphatic carbocycles. The molecule has 1 N–H and O–H groups in total. The van der Waals surface area contributed by atoms with Crippen molar-refractivity contribution in [1.29, 1.82) is 0 Å². The minimum absolute atomic E-state index is 0.452. The van der Waals surface area contributed by atoms with Crippen molar-refractivity contribution in [1.82, 2.24) is 10.3 Å². The SMILES string of the molecule is CCNC(c1nc2c(s1)CCC2)C(C)CC(C)C. The number of fused-ring (bicyclic) bond motifs is 1. The zero-order valence-electron chi connectivity index (χ0n) is 12.1. The highest BCUT2D eigenvalue weighted by atomic mass is 32.1. The van der Waals surface area contributed by atoms with Crippen molar-refractivity contribution in [2.45, 2.75) is 59.4 Å². The van der Waals surface area contributed by atoms with Crippen molar-refractivity contribution in [3.05, 3.63) is 15.6 Å². The molecule has 3 heteroatoms. The first-order chi connectivity index (χ1) is 8.61. The van der Waals surface area contributed by atoms with E-state index in [0.717, 1.165) is 12.5 Å². The lowest BCUT2D eigenvalue weighted by molar-refractivity contribution is 0.332. The van der Waals surface area contributed by atoms with Crippen LogP contribution in [0, 0.1) is 11.8 Å². The van der Waals surface area contributed by atoms with Gasteiger partial charge in [-0.1, -0.05) is 27.7 Å². The summed E-state index contributed by atoms with van der Waals surface area (Å²) < 4.78 is 0. The van der Waals surface area contributed by atoms with Crippen LogP contribution >= 0.6 is 11.3 Å². The van der Waals surface area contributed by atoms with Crippen LogP contribution in [0.5, 0.6) is 0 Å². The van der Waals surface area contributed by atoms with Gasteiger partial charge in [-0.15, -0.1) is 11.3 Å². The number of thiazole rings is 1. The predicted octanol–water partition coefficient (Wildman–Crippen LogP) is 3.96. The van der Waals surface area contributed by atoms with Gasteiger partial charge in [-0.25, -0.2) is 4.98 Å². The molecule has 1 aliphatic rings. The van der Waals surface area contributed by atoms with E-state index >= 15 is 0 Å². The van der Waals surface area contributed by atoms with Crippen LogP contribution < -0.4 is 5.32 Å². The van der Waals surface area contributed by atoms with Gasteiger partial charge in [0.1, 0.15) is 5.01 Å². The Labute approximate surface area is 115 Å². The Morgan fingerprint density at radius 1 is 1.28 bits per heavy atom. The summed E-state index contributed by atoms with van der Waals surface area (Å²) in [4.78, 5) is 6.44. The first kappa shape index (κ1) is 14.0. The molecule has 2 rings (SSSR count). The Morgan fingerprint density at radius 2 is 2.06 bits per heavy atom. The minimum Gasteiger partial charge on any atom is -0.308 e. The molecule has 102 valence electrons. The molecule has 0 fully saturated rings. The summed E-state index contributed by atoms with van der Waals surface area (Å²) in [6.07, 6.45) is 5.03. The molecule has 1 aromatic heterocycles. The Hall–Kier alpha value is -0.410. The summed E-state index contributed by atoms with van der Waals surface area (Å²) in [5.41, 5.74) is 1.38. The molecule has 2 unspecified atom stereocenters. The molecule has 0 bridgehead atoms. The number of nitrogens with one attached hydrogen (secondary N) is 1. The molecular formula is C15H26N2S. The van der Waals surface area contributed by atoms with Gasteiger partial charge >= 0.3 is 0 Å². The molecule has 2 atom stereocenters. The van der Waals surface area contributed by atoms with E-state index in [-0.39, 0.29) is 0 Å². The van der Waals surface area contributed by atoms with E-state index in [9.17, 15) is 0 Å². The van der Waals surface area contributed by atoms with E-state index in [2.05, 4.69) is 33.0 Å². The highest BCUT2D eigenvalue weighted by molar-refractivity contribution is 7.11. The zero-order chi connectivity index (χ0) is 13.1. The Kier molecular flexibility index (Phi) is 4.79. The van der Waals surface area contributed by atoms with Crippen LogP contribution in [0.1, 0.15) is 62.2 Å². The Balaban J connectivity index is 2.12. The number of hydrogen-bond acceptors (Lipinski definition) is 3. The average Bonchev–Trinajstić information content (AvgIpc) is 2.84. The van der Waals surface area contributed by atoms with Crippen LogP contribution in [0.25, 0.3) is 0 Å². The largest absolute Gasteiger partial charge is 0.308 e. The lowest BCUT2D eigenvalue weighted by Gasteiger charge is -2.24. The fourth-order valence-corrected chi connectivity index (χ4v) is 4.34. The van der Waals surface area contributed by atoms with Crippen LogP contribution in [0.2, 0.25) is 0 Å². The fraction of sp³-hybridized carbons (Fsp3) is 0.800. The molecule has 0 aromatic carbocycles. The summed E-state index contributed by atoms with van der Waals surface area (Å²) in [7, 11) is 0. The van der Waals surface area contributed by atoms with E-state index in [0.29, 0.717) is 12.0 Å². The molecule has 18 heavy (non-hydrogen) atoms. The summed E-state index contributed by atoms with van der Waals surface area (Å²) in [6.45, 7) is 10.2. The standard InChI is InChI=1S/C15H26N2S/c1-5-16-14(11(4)9-10(2)3)15-17-12-7-6-8-13(12)18-15/h10-11,14,16H,5-9H2,1-4H3. The van der Waals surface area contributed by atoms with Crippen LogP contribution in [0.4, 0.5) is 0 Å². The maximum atomic E-state index is 4.89. The van der Waals surface area contributed by atoms with E-state index < -0.39 is 0 Å². The van der Waals surface area contributed by atoms with Crippen LogP contribution in [-0.2, 0) is 12.8 Å². The number of rotatable bonds is 6. The molecule has 1 aromatic rings. The third kappa shape index (κ3) is 3.12.